The molecule has 3 heterocycles. The Balaban J connectivity index is 1.74. The Morgan fingerprint density at radius 2 is 2.05 bits per heavy atom. The normalized spacial score (nSPS) is 29.7. The number of nitrogens with zero attached hydrogens (tertiary/aromatic N) is 1. The lowest BCUT2D eigenvalue weighted by Crippen LogP contribution is -2.71. The molecule has 0 spiro atoms. The molecular weight excluding hydrogens is 280 g/mol. The molecule has 4 rings (SSSR count). The Morgan fingerprint density at radius 1 is 1.27 bits per heavy atom. The smallest absolute Gasteiger partial charge is 0.352 e. The summed E-state index contributed by atoms with van der Waals surface area (Å²) in [5, 5.41) is 12.7. The fourth-order valence-corrected chi connectivity index (χ4v) is 3.79. The molecule has 0 saturated carbocycles. The van der Waals surface area contributed by atoms with E-state index in [1.807, 2.05) is 42.5 Å². The highest BCUT2D eigenvalue weighted by atomic mass is 16.4. The molecule has 5 heteroatoms. The van der Waals surface area contributed by atoms with Crippen LogP contribution in [0.3, 0.4) is 0 Å². The molecule has 22 heavy (non-hydrogen) atoms. The van der Waals surface area contributed by atoms with Gasteiger partial charge in [-0.3, -0.25) is 9.69 Å². The Labute approximate surface area is 127 Å². The molecule has 1 unspecified atom stereocenters. The summed E-state index contributed by atoms with van der Waals surface area (Å²) in [6.45, 7) is 0.751. The van der Waals surface area contributed by atoms with Crippen LogP contribution in [0, 0.1) is 5.92 Å². The number of hydrogen-bond acceptors (Lipinski definition) is 3. The minimum atomic E-state index is -1.02. The molecule has 1 amide bonds. The van der Waals surface area contributed by atoms with Gasteiger partial charge in [0.2, 0.25) is 5.91 Å². The van der Waals surface area contributed by atoms with Gasteiger partial charge >= 0.3 is 5.97 Å². The number of nitrogens with one attached hydrogen (secondary N) is 1. The number of carbonyl (C=O) groups excluding carboxylic acids is 1. The first-order valence-electron chi connectivity index (χ1n) is 7.45. The largest absolute Gasteiger partial charge is 0.477 e. The third kappa shape index (κ3) is 1.75. The van der Waals surface area contributed by atoms with Crippen molar-refractivity contribution in [2.24, 2.45) is 5.92 Å². The van der Waals surface area contributed by atoms with E-state index in [9.17, 15) is 14.7 Å². The Hall–Kier alpha value is -2.40. The van der Waals surface area contributed by atoms with Crippen molar-refractivity contribution in [2.75, 3.05) is 6.54 Å². The number of piperidine rings is 1. The average Bonchev–Trinajstić information content (AvgIpc) is 2.87. The molecule has 0 aromatic heterocycles. The third-order valence-electron chi connectivity index (χ3n) is 4.75. The van der Waals surface area contributed by atoms with E-state index < -0.39 is 5.97 Å². The van der Waals surface area contributed by atoms with E-state index >= 15 is 0 Å². The van der Waals surface area contributed by atoms with E-state index in [0.717, 1.165) is 24.1 Å². The molecule has 3 atom stereocenters. The van der Waals surface area contributed by atoms with Gasteiger partial charge in [-0.2, -0.15) is 0 Å². The first-order valence-corrected chi connectivity index (χ1v) is 7.45. The molecule has 2 N–H and O–H groups in total. The highest BCUT2D eigenvalue weighted by Crippen LogP contribution is 2.46. The van der Waals surface area contributed by atoms with Gasteiger partial charge in [0.1, 0.15) is 11.7 Å². The van der Waals surface area contributed by atoms with Crippen LogP contribution < -0.4 is 5.32 Å². The van der Waals surface area contributed by atoms with E-state index in [1.165, 1.54) is 4.90 Å². The van der Waals surface area contributed by atoms with Gasteiger partial charge in [-0.05, 0) is 24.1 Å². The summed E-state index contributed by atoms with van der Waals surface area (Å²) in [4.78, 5) is 25.2. The number of carboxylic acids is 1. The standard InChI is InChI=1S/C17H16N2O3/c20-16-13-14-12(8-9-18-13)11(15(17(21)22)19(14)16)7-6-10-4-2-1-3-5-10/h1-7,12-14,18H,8-9H2,(H,21,22)/b7-6+/t12?,13-,14+/m0/s1. The zero-order chi connectivity index (χ0) is 15.3. The van der Waals surface area contributed by atoms with Crippen molar-refractivity contribution in [2.45, 2.75) is 18.5 Å². The number of carbonyl (C=O) groups is 2. The summed E-state index contributed by atoms with van der Waals surface area (Å²) < 4.78 is 0. The van der Waals surface area contributed by atoms with Crippen LogP contribution >= 0.6 is 0 Å². The first-order chi connectivity index (χ1) is 10.7. The predicted molar refractivity (Wildman–Crippen MR) is 80.7 cm³/mol. The maximum atomic E-state index is 12.1. The summed E-state index contributed by atoms with van der Waals surface area (Å²) in [6.07, 6.45) is 4.65. The molecule has 2 fully saturated rings. The summed E-state index contributed by atoms with van der Waals surface area (Å²) in [6, 6.07) is 9.53. The first kappa shape index (κ1) is 13.3. The second-order valence-corrected chi connectivity index (χ2v) is 5.88. The highest BCUT2D eigenvalue weighted by Gasteiger charge is 2.60. The van der Waals surface area contributed by atoms with Crippen molar-refractivity contribution in [3.8, 4) is 0 Å². The number of benzene rings is 1. The van der Waals surface area contributed by atoms with Crippen molar-refractivity contribution >= 4 is 18.0 Å². The van der Waals surface area contributed by atoms with E-state index in [-0.39, 0.29) is 29.6 Å². The SMILES string of the molecule is O=C(O)C1=C(/C=C/c2ccccc2)C2CCN[C@@H]3C(=O)N1[C@H]23. The zero-order valence-corrected chi connectivity index (χ0v) is 11.9. The highest BCUT2D eigenvalue weighted by molar-refractivity contribution is 6.02. The monoisotopic (exact) mass is 296 g/mol. The fraction of sp³-hybridized carbons (Fsp3) is 0.294. The minimum absolute atomic E-state index is 0.0252. The van der Waals surface area contributed by atoms with Gasteiger partial charge in [0.25, 0.3) is 0 Å². The van der Waals surface area contributed by atoms with Crippen molar-refractivity contribution < 1.29 is 14.7 Å². The van der Waals surface area contributed by atoms with Crippen LogP contribution in [0.1, 0.15) is 12.0 Å². The number of aliphatic carboxylic acids is 1. The van der Waals surface area contributed by atoms with E-state index in [0.29, 0.717) is 0 Å². The Bertz CT molecular complexity index is 708. The van der Waals surface area contributed by atoms with Crippen LogP contribution in [0.2, 0.25) is 0 Å². The minimum Gasteiger partial charge on any atom is -0.477 e. The molecule has 2 saturated heterocycles. The van der Waals surface area contributed by atoms with Gasteiger partial charge < -0.3 is 10.4 Å². The number of carboxylic acid groups (broad SMARTS) is 1. The number of rotatable bonds is 3. The van der Waals surface area contributed by atoms with Crippen LogP contribution in [0.4, 0.5) is 0 Å². The average molecular weight is 296 g/mol. The third-order valence-corrected chi connectivity index (χ3v) is 4.75. The summed E-state index contributed by atoms with van der Waals surface area (Å²) in [5.41, 5.74) is 1.96. The number of allylic oxidation sites excluding steroid dienone is 1. The summed E-state index contributed by atoms with van der Waals surface area (Å²) >= 11 is 0. The van der Waals surface area contributed by atoms with Crippen LogP contribution in [-0.2, 0) is 9.59 Å². The molecule has 112 valence electrons. The maximum Gasteiger partial charge on any atom is 0.352 e. The van der Waals surface area contributed by atoms with Crippen molar-refractivity contribution in [3.05, 3.63) is 53.2 Å². The van der Waals surface area contributed by atoms with Gasteiger partial charge in [0, 0.05) is 5.92 Å². The number of hydrogen-bond donors (Lipinski definition) is 2. The van der Waals surface area contributed by atoms with Crippen LogP contribution in [0.25, 0.3) is 6.08 Å². The van der Waals surface area contributed by atoms with Gasteiger partial charge in [-0.1, -0.05) is 42.5 Å². The lowest BCUT2D eigenvalue weighted by atomic mass is 9.79. The van der Waals surface area contributed by atoms with Crippen molar-refractivity contribution in [3.63, 3.8) is 0 Å². The van der Waals surface area contributed by atoms with Gasteiger partial charge in [-0.25, -0.2) is 4.79 Å². The van der Waals surface area contributed by atoms with Crippen LogP contribution in [0.15, 0.2) is 47.7 Å². The maximum absolute atomic E-state index is 12.1. The van der Waals surface area contributed by atoms with Crippen LogP contribution in [-0.4, -0.2) is 40.5 Å². The molecule has 3 aliphatic rings. The van der Waals surface area contributed by atoms with E-state index in [1.54, 1.807) is 0 Å². The second-order valence-electron chi connectivity index (χ2n) is 5.88. The van der Waals surface area contributed by atoms with E-state index in [2.05, 4.69) is 5.32 Å². The lowest BCUT2D eigenvalue weighted by molar-refractivity contribution is -0.154. The fourth-order valence-electron chi connectivity index (χ4n) is 3.79. The topological polar surface area (TPSA) is 69.6 Å². The van der Waals surface area contributed by atoms with Crippen molar-refractivity contribution in [1.82, 2.24) is 10.2 Å². The molecule has 0 bridgehead atoms. The van der Waals surface area contributed by atoms with Gasteiger partial charge in [0.05, 0.1) is 6.04 Å². The quantitative estimate of drug-likeness (QED) is 0.823. The number of amides is 1. The molecule has 1 aromatic rings. The van der Waals surface area contributed by atoms with Gasteiger partial charge in [0.15, 0.2) is 0 Å². The summed E-state index contributed by atoms with van der Waals surface area (Å²) in [7, 11) is 0. The lowest BCUT2D eigenvalue weighted by Gasteiger charge is -2.48. The predicted octanol–water partition coefficient (Wildman–Crippen LogP) is 1.24. The molecule has 3 aliphatic heterocycles. The molecule has 0 radical (unpaired) electrons. The molecule has 1 aromatic carbocycles. The summed E-state index contributed by atoms with van der Waals surface area (Å²) in [5.74, 6) is -1.01. The van der Waals surface area contributed by atoms with Crippen LogP contribution in [0.5, 0.6) is 0 Å². The molecule has 5 nitrogen and oxygen atoms in total. The Kier molecular flexibility index (Phi) is 2.90. The van der Waals surface area contributed by atoms with Gasteiger partial charge in [-0.15, -0.1) is 0 Å². The molecule has 0 aliphatic carbocycles. The Morgan fingerprint density at radius 3 is 2.77 bits per heavy atom. The second kappa shape index (κ2) is 4.81. The zero-order valence-electron chi connectivity index (χ0n) is 11.9. The van der Waals surface area contributed by atoms with E-state index in [4.69, 9.17) is 0 Å². The molecular formula is C17H16N2O3. The number of β-lactam (4-membered cyclic amide) rings is 1. The van der Waals surface area contributed by atoms with Crippen molar-refractivity contribution in [1.29, 1.82) is 0 Å².